The van der Waals surface area contributed by atoms with Crippen molar-refractivity contribution < 1.29 is 0 Å². The van der Waals surface area contributed by atoms with E-state index in [0.717, 1.165) is 3.70 Å². The van der Waals surface area contributed by atoms with Crippen molar-refractivity contribution in [1.29, 1.82) is 0 Å². The smallest absolute Gasteiger partial charge is 0.104 e. The molecule has 0 bridgehead atoms. The van der Waals surface area contributed by atoms with Gasteiger partial charge in [0.1, 0.15) is 3.70 Å². The van der Waals surface area contributed by atoms with E-state index >= 15 is 0 Å². The molecule has 0 amide bonds. The molecule has 1 aromatic rings. The normalized spacial score (nSPS) is 9.25. The molecule has 0 saturated heterocycles. The Balaban J connectivity index is 3.13. The zero-order valence-corrected chi connectivity index (χ0v) is 6.64. The van der Waals surface area contributed by atoms with Gasteiger partial charge in [0.25, 0.3) is 0 Å². The zero-order valence-electron chi connectivity index (χ0n) is 4.48. The van der Waals surface area contributed by atoms with Gasteiger partial charge in [0.05, 0.1) is 0 Å². The highest BCUT2D eigenvalue weighted by Crippen LogP contribution is 2.04. The van der Waals surface area contributed by atoms with Gasteiger partial charge in [-0.2, -0.15) is 0 Å². The van der Waals surface area contributed by atoms with Crippen LogP contribution >= 0.6 is 22.6 Å². The highest BCUT2D eigenvalue weighted by Gasteiger charge is 1.88. The summed E-state index contributed by atoms with van der Waals surface area (Å²) >= 11 is 2.19. The summed E-state index contributed by atoms with van der Waals surface area (Å²) in [5, 5.41) is 0. The van der Waals surface area contributed by atoms with Gasteiger partial charge >= 0.3 is 0 Å². The Morgan fingerprint density at radius 2 is 2.50 bits per heavy atom. The average molecular weight is 218 g/mol. The number of rotatable bonds is 0. The molecule has 0 spiro atoms. The summed E-state index contributed by atoms with van der Waals surface area (Å²) in [6.45, 7) is 2.02. The van der Waals surface area contributed by atoms with E-state index in [2.05, 4.69) is 33.6 Å². The molecular weight excluding hydrogens is 213 g/mol. The number of hydrogen-bond donors (Lipinski definition) is 0. The van der Waals surface area contributed by atoms with Crippen LogP contribution in [0.5, 0.6) is 0 Å². The molecule has 1 aromatic heterocycles. The van der Waals surface area contributed by atoms with Crippen molar-refractivity contribution in [1.82, 2.24) is 4.98 Å². The maximum Gasteiger partial charge on any atom is 0.104 e. The molecular formula is C6H5IN. The van der Waals surface area contributed by atoms with E-state index < -0.39 is 0 Å². The van der Waals surface area contributed by atoms with Crippen LogP contribution in [0.3, 0.4) is 0 Å². The molecule has 0 aromatic carbocycles. The third-order valence-corrected chi connectivity index (χ3v) is 2.01. The maximum absolute atomic E-state index is 4.01. The molecule has 0 N–H and O–H groups in total. The highest BCUT2D eigenvalue weighted by atomic mass is 127. The Bertz CT molecular complexity index is 165. The predicted molar refractivity (Wildman–Crippen MR) is 40.5 cm³/mol. The fourth-order valence-electron chi connectivity index (χ4n) is 0.418. The molecule has 1 radical (unpaired) electrons. The van der Waals surface area contributed by atoms with E-state index in [9.17, 15) is 0 Å². The van der Waals surface area contributed by atoms with E-state index in [1.807, 2.05) is 13.0 Å². The second-order valence-electron chi connectivity index (χ2n) is 1.54. The topological polar surface area (TPSA) is 12.9 Å². The Morgan fingerprint density at radius 1 is 1.75 bits per heavy atom. The van der Waals surface area contributed by atoms with Gasteiger partial charge in [-0.05, 0) is 41.1 Å². The monoisotopic (exact) mass is 218 g/mol. The Labute approximate surface area is 62.3 Å². The van der Waals surface area contributed by atoms with Crippen LogP contribution in [-0.2, 0) is 0 Å². The number of nitrogens with zero attached hydrogens (tertiary/aromatic N) is 1. The van der Waals surface area contributed by atoms with Crippen molar-refractivity contribution in [2.75, 3.05) is 0 Å². The first-order valence-corrected chi connectivity index (χ1v) is 3.37. The van der Waals surface area contributed by atoms with E-state index in [1.165, 1.54) is 5.56 Å². The van der Waals surface area contributed by atoms with Gasteiger partial charge in [-0.25, -0.2) is 4.98 Å². The molecule has 0 aliphatic heterocycles. The lowest BCUT2D eigenvalue weighted by atomic mass is 10.3. The minimum atomic E-state index is 1.06. The van der Waals surface area contributed by atoms with Gasteiger partial charge in [-0.3, -0.25) is 0 Å². The second-order valence-corrected chi connectivity index (χ2v) is 2.56. The average Bonchev–Trinajstić information content (AvgIpc) is 1.77. The summed E-state index contributed by atoms with van der Waals surface area (Å²) in [5.41, 5.74) is 1.19. The quantitative estimate of drug-likeness (QED) is 0.477. The molecule has 0 aliphatic rings. The summed E-state index contributed by atoms with van der Waals surface area (Å²) in [4.78, 5) is 4.01. The zero-order chi connectivity index (χ0) is 5.98. The maximum atomic E-state index is 4.01. The number of aryl methyl sites for hydroxylation is 1. The molecule has 1 nitrogen and oxygen atoms in total. The largest absolute Gasteiger partial charge is 0.249 e. The lowest BCUT2D eigenvalue weighted by molar-refractivity contribution is 1.21. The Hall–Kier alpha value is -0.120. The molecule has 2 heteroatoms. The molecule has 1 rings (SSSR count). The number of aromatic nitrogens is 1. The van der Waals surface area contributed by atoms with Gasteiger partial charge < -0.3 is 0 Å². The second kappa shape index (κ2) is 2.44. The summed E-state index contributed by atoms with van der Waals surface area (Å²) in [6, 6.07) is 4.81. The van der Waals surface area contributed by atoms with Crippen molar-refractivity contribution >= 4 is 22.6 Å². The van der Waals surface area contributed by atoms with E-state index in [-0.39, 0.29) is 0 Å². The molecule has 0 fully saturated rings. The van der Waals surface area contributed by atoms with E-state index in [0.29, 0.717) is 0 Å². The van der Waals surface area contributed by atoms with Crippen molar-refractivity contribution in [2.24, 2.45) is 0 Å². The van der Waals surface area contributed by atoms with Crippen molar-refractivity contribution in [3.63, 3.8) is 0 Å². The summed E-state index contributed by atoms with van der Waals surface area (Å²) in [5.74, 6) is 0. The molecule has 0 aliphatic carbocycles. The predicted octanol–water partition coefficient (Wildman–Crippen LogP) is 1.79. The molecule has 0 unspecified atom stereocenters. The Kier molecular flexibility index (Phi) is 1.83. The van der Waals surface area contributed by atoms with Gasteiger partial charge in [0, 0.05) is 12.3 Å². The minimum Gasteiger partial charge on any atom is -0.249 e. The van der Waals surface area contributed by atoms with Crippen LogP contribution in [0.15, 0.2) is 12.3 Å². The van der Waals surface area contributed by atoms with Crippen LogP contribution in [0, 0.1) is 16.7 Å². The standard InChI is InChI=1S/C6H5IN/c1-5-3-2-4-8-6(5)7/h3-4H,1H3. The van der Waals surface area contributed by atoms with Crippen LogP contribution in [0.25, 0.3) is 0 Å². The number of halogens is 1. The molecule has 8 heavy (non-hydrogen) atoms. The van der Waals surface area contributed by atoms with Crippen LogP contribution in [0.2, 0.25) is 0 Å². The fraction of sp³-hybridized carbons (Fsp3) is 0.167. The summed E-state index contributed by atoms with van der Waals surface area (Å²) in [6.07, 6.45) is 1.68. The van der Waals surface area contributed by atoms with Crippen LogP contribution in [0.4, 0.5) is 0 Å². The minimum absolute atomic E-state index is 1.06. The van der Waals surface area contributed by atoms with Crippen LogP contribution < -0.4 is 0 Å². The number of hydrogen-bond acceptors (Lipinski definition) is 1. The van der Waals surface area contributed by atoms with Crippen molar-refractivity contribution in [2.45, 2.75) is 6.92 Å². The lowest BCUT2D eigenvalue weighted by Crippen LogP contribution is -1.81. The third kappa shape index (κ3) is 1.18. The third-order valence-electron chi connectivity index (χ3n) is 0.878. The number of pyridine rings is 1. The fourth-order valence-corrected chi connectivity index (χ4v) is 0.713. The van der Waals surface area contributed by atoms with Gasteiger partial charge in [0.15, 0.2) is 0 Å². The van der Waals surface area contributed by atoms with Crippen molar-refractivity contribution in [3.05, 3.63) is 27.6 Å². The van der Waals surface area contributed by atoms with Gasteiger partial charge in [-0.1, -0.05) is 0 Å². The van der Waals surface area contributed by atoms with Gasteiger partial charge in [-0.15, -0.1) is 0 Å². The van der Waals surface area contributed by atoms with Crippen LogP contribution in [0.1, 0.15) is 5.56 Å². The SMILES string of the molecule is Cc1c[c]cnc1I. The first-order chi connectivity index (χ1) is 3.80. The molecule has 0 atom stereocenters. The molecule has 41 valence electrons. The van der Waals surface area contributed by atoms with E-state index in [1.54, 1.807) is 6.20 Å². The first kappa shape index (κ1) is 6.01. The van der Waals surface area contributed by atoms with Crippen molar-refractivity contribution in [3.8, 4) is 0 Å². The summed E-state index contributed by atoms with van der Waals surface area (Å²) < 4.78 is 1.06. The Morgan fingerprint density at radius 3 is 2.88 bits per heavy atom. The first-order valence-electron chi connectivity index (χ1n) is 2.29. The molecule has 1 heterocycles. The highest BCUT2D eigenvalue weighted by molar-refractivity contribution is 14.1. The van der Waals surface area contributed by atoms with Crippen LogP contribution in [-0.4, -0.2) is 4.98 Å². The summed E-state index contributed by atoms with van der Waals surface area (Å²) in [7, 11) is 0. The lowest BCUT2D eigenvalue weighted by Gasteiger charge is -1.90. The molecule has 0 saturated carbocycles. The van der Waals surface area contributed by atoms with Gasteiger partial charge in [0.2, 0.25) is 0 Å². The van der Waals surface area contributed by atoms with E-state index in [4.69, 9.17) is 0 Å².